The lowest BCUT2D eigenvalue weighted by Crippen LogP contribution is -2.28. The molecule has 4 heteroatoms. The number of carboxylic acids is 1. The summed E-state index contributed by atoms with van der Waals surface area (Å²) in [7, 11) is 0. The molecule has 0 fully saturated rings. The van der Waals surface area contributed by atoms with Crippen LogP contribution in [0.5, 0.6) is 0 Å². The van der Waals surface area contributed by atoms with Crippen LogP contribution in [0, 0.1) is 5.41 Å². The number of aliphatic carboxylic acids is 1. The molecule has 0 radical (unpaired) electrons. The molecule has 1 atom stereocenters. The van der Waals surface area contributed by atoms with Crippen molar-refractivity contribution in [1.29, 1.82) is 0 Å². The second-order valence-corrected chi connectivity index (χ2v) is 4.90. The Balaban J connectivity index is 3.70. The first-order valence-electron chi connectivity index (χ1n) is 4.47. The monoisotopic (exact) mass is 205 g/mol. The Morgan fingerprint density at radius 2 is 2.15 bits per heavy atom. The number of carbonyl (C=O) groups is 1. The third-order valence-corrected chi connectivity index (χ3v) is 3.49. The first-order chi connectivity index (χ1) is 5.90. The van der Waals surface area contributed by atoms with Crippen LogP contribution < -0.4 is 5.73 Å². The lowest BCUT2D eigenvalue weighted by molar-refractivity contribution is -0.145. The van der Waals surface area contributed by atoms with E-state index in [9.17, 15) is 4.79 Å². The Labute approximate surface area is 84.1 Å². The van der Waals surface area contributed by atoms with Crippen molar-refractivity contribution >= 4 is 17.7 Å². The van der Waals surface area contributed by atoms with Gasteiger partial charge in [0.1, 0.15) is 0 Å². The predicted octanol–water partition coefficient (Wildman–Crippen LogP) is 1.57. The van der Waals surface area contributed by atoms with Crippen LogP contribution >= 0.6 is 11.8 Å². The lowest BCUT2D eigenvalue weighted by Gasteiger charge is -2.19. The summed E-state index contributed by atoms with van der Waals surface area (Å²) in [4.78, 5) is 10.7. The quantitative estimate of drug-likeness (QED) is 0.691. The number of carboxylic acid groups (broad SMARTS) is 1. The van der Waals surface area contributed by atoms with E-state index in [1.807, 2.05) is 6.92 Å². The van der Waals surface area contributed by atoms with E-state index in [4.69, 9.17) is 10.8 Å². The fourth-order valence-electron chi connectivity index (χ4n) is 0.645. The summed E-state index contributed by atoms with van der Waals surface area (Å²) in [5, 5.41) is 8.82. The van der Waals surface area contributed by atoms with Gasteiger partial charge >= 0.3 is 5.97 Å². The molecule has 0 bridgehead atoms. The molecule has 78 valence electrons. The molecule has 0 aromatic carbocycles. The number of nitrogens with two attached hydrogens (primary N) is 1. The molecule has 3 N–H and O–H groups in total. The highest BCUT2D eigenvalue weighted by atomic mass is 32.2. The van der Waals surface area contributed by atoms with Crippen LogP contribution in [0.15, 0.2) is 0 Å². The van der Waals surface area contributed by atoms with E-state index in [2.05, 4.69) is 0 Å². The Morgan fingerprint density at radius 1 is 1.62 bits per heavy atom. The highest BCUT2D eigenvalue weighted by Crippen LogP contribution is 2.22. The summed E-state index contributed by atoms with van der Waals surface area (Å²) in [5.41, 5.74) is 5.07. The maximum absolute atomic E-state index is 10.7. The average molecular weight is 205 g/mol. The molecule has 0 aromatic rings. The van der Waals surface area contributed by atoms with Gasteiger partial charge in [-0.2, -0.15) is 11.8 Å². The maximum Gasteiger partial charge on any atom is 0.309 e. The first-order valence-corrected chi connectivity index (χ1v) is 5.62. The van der Waals surface area contributed by atoms with E-state index in [0.717, 1.165) is 12.2 Å². The SMILES string of the molecule is CCC(N)CSCC(C)(C)C(=O)O. The zero-order valence-corrected chi connectivity index (χ0v) is 9.36. The molecule has 0 aliphatic heterocycles. The molecule has 0 aromatic heterocycles. The number of hydrogen-bond donors (Lipinski definition) is 2. The van der Waals surface area contributed by atoms with E-state index in [1.165, 1.54) is 0 Å². The number of rotatable bonds is 6. The van der Waals surface area contributed by atoms with Crippen molar-refractivity contribution in [3.63, 3.8) is 0 Å². The van der Waals surface area contributed by atoms with Gasteiger partial charge in [0, 0.05) is 17.5 Å². The highest BCUT2D eigenvalue weighted by Gasteiger charge is 2.26. The Kier molecular flexibility index (Phi) is 5.40. The second-order valence-electron chi connectivity index (χ2n) is 3.87. The minimum Gasteiger partial charge on any atom is -0.481 e. The highest BCUT2D eigenvalue weighted by molar-refractivity contribution is 7.99. The molecular weight excluding hydrogens is 186 g/mol. The molecule has 0 saturated heterocycles. The van der Waals surface area contributed by atoms with Gasteiger partial charge in [-0.05, 0) is 20.3 Å². The molecule has 0 heterocycles. The number of hydrogen-bond acceptors (Lipinski definition) is 3. The zero-order chi connectivity index (χ0) is 10.5. The first kappa shape index (κ1) is 12.8. The minimum atomic E-state index is -0.745. The van der Waals surface area contributed by atoms with Gasteiger partial charge in [-0.25, -0.2) is 0 Å². The van der Waals surface area contributed by atoms with Gasteiger partial charge in [-0.3, -0.25) is 4.79 Å². The van der Waals surface area contributed by atoms with Crippen molar-refractivity contribution < 1.29 is 9.90 Å². The zero-order valence-electron chi connectivity index (χ0n) is 8.54. The molecule has 1 unspecified atom stereocenters. The van der Waals surface area contributed by atoms with Gasteiger partial charge in [-0.1, -0.05) is 6.92 Å². The smallest absolute Gasteiger partial charge is 0.309 e. The third kappa shape index (κ3) is 5.16. The van der Waals surface area contributed by atoms with Crippen molar-refractivity contribution in [3.05, 3.63) is 0 Å². The summed E-state index contributed by atoms with van der Waals surface area (Å²) in [6.07, 6.45) is 0.945. The van der Waals surface area contributed by atoms with Crippen molar-refractivity contribution in [3.8, 4) is 0 Å². The van der Waals surface area contributed by atoms with E-state index in [0.29, 0.717) is 5.75 Å². The van der Waals surface area contributed by atoms with Gasteiger partial charge in [0.15, 0.2) is 0 Å². The van der Waals surface area contributed by atoms with Crippen molar-refractivity contribution in [2.24, 2.45) is 11.1 Å². The maximum atomic E-state index is 10.7. The van der Waals surface area contributed by atoms with Crippen LogP contribution in [0.1, 0.15) is 27.2 Å². The van der Waals surface area contributed by atoms with Crippen LogP contribution in [0.25, 0.3) is 0 Å². The van der Waals surface area contributed by atoms with Crippen LogP contribution in [0.4, 0.5) is 0 Å². The molecule has 3 nitrogen and oxygen atoms in total. The van der Waals surface area contributed by atoms with Gasteiger partial charge in [0.2, 0.25) is 0 Å². The fourth-order valence-corrected chi connectivity index (χ4v) is 1.94. The largest absolute Gasteiger partial charge is 0.481 e. The van der Waals surface area contributed by atoms with Gasteiger partial charge in [-0.15, -0.1) is 0 Å². The molecule has 0 amide bonds. The average Bonchev–Trinajstić information content (AvgIpc) is 2.03. The van der Waals surface area contributed by atoms with Gasteiger partial charge in [0.05, 0.1) is 5.41 Å². The van der Waals surface area contributed by atoms with E-state index >= 15 is 0 Å². The van der Waals surface area contributed by atoms with Crippen molar-refractivity contribution in [2.45, 2.75) is 33.2 Å². The van der Waals surface area contributed by atoms with Crippen molar-refractivity contribution in [2.75, 3.05) is 11.5 Å². The normalized spacial score (nSPS) is 14.2. The summed E-state index contributed by atoms with van der Waals surface area (Å²) < 4.78 is 0. The predicted molar refractivity (Wildman–Crippen MR) is 57.0 cm³/mol. The van der Waals surface area contributed by atoms with Crippen LogP contribution in [-0.4, -0.2) is 28.6 Å². The Morgan fingerprint density at radius 3 is 2.54 bits per heavy atom. The lowest BCUT2D eigenvalue weighted by atomic mass is 9.97. The summed E-state index contributed by atoms with van der Waals surface area (Å²) >= 11 is 1.62. The Hall–Kier alpha value is -0.220. The number of thioether (sulfide) groups is 1. The molecule has 0 spiro atoms. The van der Waals surface area contributed by atoms with E-state index in [1.54, 1.807) is 25.6 Å². The molecule has 13 heavy (non-hydrogen) atoms. The minimum absolute atomic E-state index is 0.189. The van der Waals surface area contributed by atoms with Crippen molar-refractivity contribution in [1.82, 2.24) is 0 Å². The van der Waals surface area contributed by atoms with Gasteiger partial charge < -0.3 is 10.8 Å². The second kappa shape index (κ2) is 5.50. The molecule has 0 aliphatic carbocycles. The van der Waals surface area contributed by atoms with E-state index in [-0.39, 0.29) is 6.04 Å². The molecule has 0 rings (SSSR count). The van der Waals surface area contributed by atoms with Crippen LogP contribution in [-0.2, 0) is 4.79 Å². The molecule has 0 aliphatic rings. The summed E-state index contributed by atoms with van der Waals surface area (Å²) in [6, 6.07) is 0.189. The third-order valence-electron chi connectivity index (χ3n) is 1.90. The molecular formula is C9H19NO2S. The fraction of sp³-hybridized carbons (Fsp3) is 0.889. The summed E-state index contributed by atoms with van der Waals surface area (Å²) in [5.74, 6) is 0.716. The Bertz CT molecular complexity index is 171. The van der Waals surface area contributed by atoms with Crippen LogP contribution in [0.3, 0.4) is 0 Å². The van der Waals surface area contributed by atoms with E-state index < -0.39 is 11.4 Å². The summed E-state index contributed by atoms with van der Waals surface area (Å²) in [6.45, 7) is 5.51. The topological polar surface area (TPSA) is 63.3 Å². The standard InChI is InChI=1S/C9H19NO2S/c1-4-7(10)5-13-6-9(2,3)8(11)12/h7H,4-6,10H2,1-3H3,(H,11,12). The molecule has 0 saturated carbocycles. The van der Waals surface area contributed by atoms with Gasteiger partial charge in [0.25, 0.3) is 0 Å². The van der Waals surface area contributed by atoms with Crippen LogP contribution in [0.2, 0.25) is 0 Å².